The molecule has 0 aliphatic carbocycles. The van der Waals surface area contributed by atoms with E-state index in [4.69, 9.17) is 5.73 Å². The summed E-state index contributed by atoms with van der Waals surface area (Å²) in [5.41, 5.74) is 11.4. The fraction of sp³-hybridized carbons (Fsp3) is 0.0625. The van der Waals surface area contributed by atoms with Gasteiger partial charge >= 0.3 is 0 Å². The number of aromatic nitrogens is 2. The number of hydrogen-bond acceptors (Lipinski definition) is 2. The first kappa shape index (κ1) is 13.2. The lowest BCUT2D eigenvalue weighted by molar-refractivity contribution is 1.10. The first-order chi connectivity index (χ1) is 9.65. The molecule has 0 saturated carbocycles. The number of hydrogen-bond donors (Lipinski definition) is 2. The van der Waals surface area contributed by atoms with Crippen LogP contribution in [-0.2, 0) is 0 Å². The van der Waals surface area contributed by atoms with E-state index in [1.54, 1.807) is 0 Å². The SMILES string of the molecule is Cc1cccc(-c2c(N)n[nH]c2-c2cccc(I)c2)c1. The van der Waals surface area contributed by atoms with Crippen molar-refractivity contribution in [3.63, 3.8) is 0 Å². The summed E-state index contributed by atoms with van der Waals surface area (Å²) in [7, 11) is 0. The van der Waals surface area contributed by atoms with E-state index in [1.165, 1.54) is 9.13 Å². The predicted molar refractivity (Wildman–Crippen MR) is 91.3 cm³/mol. The van der Waals surface area contributed by atoms with Gasteiger partial charge in [0.1, 0.15) is 0 Å². The maximum Gasteiger partial charge on any atom is 0.153 e. The second kappa shape index (κ2) is 5.28. The molecule has 0 radical (unpaired) electrons. The van der Waals surface area contributed by atoms with Crippen molar-refractivity contribution in [2.75, 3.05) is 5.73 Å². The Morgan fingerprint density at radius 2 is 1.80 bits per heavy atom. The number of aryl methyl sites for hydroxylation is 1. The monoisotopic (exact) mass is 375 g/mol. The number of benzene rings is 2. The zero-order chi connectivity index (χ0) is 14.1. The van der Waals surface area contributed by atoms with E-state index in [2.05, 4.69) is 76.1 Å². The number of nitrogens with one attached hydrogen (secondary N) is 1. The second-order valence-corrected chi connectivity index (χ2v) is 5.98. The van der Waals surface area contributed by atoms with Crippen LogP contribution < -0.4 is 5.73 Å². The van der Waals surface area contributed by atoms with Crippen molar-refractivity contribution in [1.82, 2.24) is 10.2 Å². The molecule has 0 spiro atoms. The summed E-state index contributed by atoms with van der Waals surface area (Å²) >= 11 is 2.31. The number of nitrogens with zero attached hydrogens (tertiary/aromatic N) is 1. The van der Waals surface area contributed by atoms with Crippen molar-refractivity contribution in [3.05, 3.63) is 57.7 Å². The Labute approximate surface area is 131 Å². The van der Waals surface area contributed by atoms with Gasteiger partial charge in [0.15, 0.2) is 5.82 Å². The summed E-state index contributed by atoms with van der Waals surface area (Å²) < 4.78 is 1.18. The van der Waals surface area contributed by atoms with Gasteiger partial charge in [-0.1, -0.05) is 42.0 Å². The highest BCUT2D eigenvalue weighted by Gasteiger charge is 2.14. The molecule has 100 valence electrons. The molecule has 0 atom stereocenters. The number of nitrogen functional groups attached to an aromatic ring is 1. The number of nitrogens with two attached hydrogens (primary N) is 1. The quantitative estimate of drug-likeness (QED) is 0.659. The predicted octanol–water partition coefficient (Wildman–Crippen LogP) is 4.24. The summed E-state index contributed by atoms with van der Waals surface area (Å²) in [4.78, 5) is 0. The maximum absolute atomic E-state index is 6.05. The van der Waals surface area contributed by atoms with Gasteiger partial charge in [-0.25, -0.2) is 0 Å². The number of halogens is 1. The number of aromatic amines is 1. The third-order valence-electron chi connectivity index (χ3n) is 3.21. The molecule has 4 heteroatoms. The van der Waals surface area contributed by atoms with Crippen molar-refractivity contribution < 1.29 is 0 Å². The Morgan fingerprint density at radius 1 is 1.05 bits per heavy atom. The first-order valence-corrected chi connectivity index (χ1v) is 7.40. The van der Waals surface area contributed by atoms with Crippen LogP contribution in [0.15, 0.2) is 48.5 Å². The Hall–Kier alpha value is -1.82. The fourth-order valence-electron chi connectivity index (χ4n) is 2.30. The van der Waals surface area contributed by atoms with E-state index in [0.29, 0.717) is 5.82 Å². The average molecular weight is 375 g/mol. The highest BCUT2D eigenvalue weighted by molar-refractivity contribution is 14.1. The lowest BCUT2D eigenvalue weighted by Gasteiger charge is -2.06. The fourth-order valence-corrected chi connectivity index (χ4v) is 2.84. The van der Waals surface area contributed by atoms with Gasteiger partial charge in [0.05, 0.1) is 11.3 Å². The van der Waals surface area contributed by atoms with Crippen molar-refractivity contribution in [1.29, 1.82) is 0 Å². The minimum Gasteiger partial charge on any atom is -0.382 e. The molecule has 0 bridgehead atoms. The van der Waals surface area contributed by atoms with Crippen molar-refractivity contribution in [3.8, 4) is 22.4 Å². The van der Waals surface area contributed by atoms with Crippen LogP contribution >= 0.6 is 22.6 Å². The van der Waals surface area contributed by atoms with Crippen LogP contribution in [0.3, 0.4) is 0 Å². The normalized spacial score (nSPS) is 10.7. The van der Waals surface area contributed by atoms with Gasteiger partial charge in [-0.2, -0.15) is 5.10 Å². The maximum atomic E-state index is 6.05. The zero-order valence-electron chi connectivity index (χ0n) is 11.0. The van der Waals surface area contributed by atoms with Gasteiger partial charge in [0.2, 0.25) is 0 Å². The molecule has 20 heavy (non-hydrogen) atoms. The van der Waals surface area contributed by atoms with Crippen LogP contribution in [-0.4, -0.2) is 10.2 Å². The molecule has 0 aliphatic heterocycles. The van der Waals surface area contributed by atoms with Crippen LogP contribution in [0.2, 0.25) is 0 Å². The van der Waals surface area contributed by atoms with Gasteiger partial charge < -0.3 is 5.73 Å². The van der Waals surface area contributed by atoms with E-state index < -0.39 is 0 Å². The topological polar surface area (TPSA) is 54.7 Å². The lowest BCUT2D eigenvalue weighted by Crippen LogP contribution is -1.89. The van der Waals surface area contributed by atoms with Gasteiger partial charge in [-0.15, -0.1) is 0 Å². The molecule has 3 rings (SSSR count). The Balaban J connectivity index is 2.20. The molecule has 1 aromatic heterocycles. The van der Waals surface area contributed by atoms with E-state index in [9.17, 15) is 0 Å². The van der Waals surface area contributed by atoms with E-state index in [0.717, 1.165) is 22.4 Å². The molecule has 1 heterocycles. The van der Waals surface area contributed by atoms with Crippen LogP contribution in [0, 0.1) is 10.5 Å². The summed E-state index contributed by atoms with van der Waals surface area (Å²) in [6.07, 6.45) is 0. The molecule has 2 aromatic carbocycles. The summed E-state index contributed by atoms with van der Waals surface area (Å²) in [6.45, 7) is 2.07. The highest BCUT2D eigenvalue weighted by atomic mass is 127. The number of rotatable bonds is 2. The average Bonchev–Trinajstić information content (AvgIpc) is 2.80. The molecule has 0 fully saturated rings. The van der Waals surface area contributed by atoms with Gasteiger partial charge in [0.25, 0.3) is 0 Å². The molecule has 3 nitrogen and oxygen atoms in total. The second-order valence-electron chi connectivity index (χ2n) is 4.74. The van der Waals surface area contributed by atoms with E-state index in [1.807, 2.05) is 12.1 Å². The molecule has 0 saturated heterocycles. The molecule has 3 aromatic rings. The van der Waals surface area contributed by atoms with Crippen LogP contribution in [0.5, 0.6) is 0 Å². The van der Waals surface area contributed by atoms with Crippen molar-refractivity contribution in [2.24, 2.45) is 0 Å². The van der Waals surface area contributed by atoms with E-state index >= 15 is 0 Å². The summed E-state index contributed by atoms with van der Waals surface area (Å²) in [5, 5.41) is 7.24. The number of H-pyrrole nitrogens is 1. The Morgan fingerprint density at radius 3 is 2.55 bits per heavy atom. The highest BCUT2D eigenvalue weighted by Crippen LogP contribution is 2.35. The third-order valence-corrected chi connectivity index (χ3v) is 3.89. The van der Waals surface area contributed by atoms with Crippen LogP contribution in [0.1, 0.15) is 5.56 Å². The molecule has 3 N–H and O–H groups in total. The Kier molecular flexibility index (Phi) is 3.48. The van der Waals surface area contributed by atoms with Gasteiger partial charge in [-0.3, -0.25) is 5.10 Å². The number of anilines is 1. The molecular formula is C16H14IN3. The van der Waals surface area contributed by atoms with Gasteiger partial charge in [0, 0.05) is 9.13 Å². The standard InChI is InChI=1S/C16H14IN3/c1-10-4-2-5-11(8-10)14-15(19-20-16(14)18)12-6-3-7-13(17)9-12/h2-9H,1H3,(H3,18,19,20). The Bertz CT molecular complexity index is 762. The molecular weight excluding hydrogens is 361 g/mol. The first-order valence-electron chi connectivity index (χ1n) is 6.32. The third kappa shape index (κ3) is 2.43. The zero-order valence-corrected chi connectivity index (χ0v) is 13.2. The molecule has 0 unspecified atom stereocenters. The van der Waals surface area contributed by atoms with Crippen molar-refractivity contribution in [2.45, 2.75) is 6.92 Å². The summed E-state index contributed by atoms with van der Waals surface area (Å²) in [5.74, 6) is 0.532. The van der Waals surface area contributed by atoms with Gasteiger partial charge in [-0.05, 0) is 47.2 Å². The minimum atomic E-state index is 0.532. The molecule has 0 amide bonds. The van der Waals surface area contributed by atoms with E-state index in [-0.39, 0.29) is 0 Å². The van der Waals surface area contributed by atoms with Crippen molar-refractivity contribution >= 4 is 28.4 Å². The largest absolute Gasteiger partial charge is 0.382 e. The minimum absolute atomic E-state index is 0.532. The molecule has 0 aliphatic rings. The lowest BCUT2D eigenvalue weighted by atomic mass is 9.99. The van der Waals surface area contributed by atoms with Crippen LogP contribution in [0.4, 0.5) is 5.82 Å². The van der Waals surface area contributed by atoms with Crippen LogP contribution in [0.25, 0.3) is 22.4 Å². The summed E-state index contributed by atoms with van der Waals surface area (Å²) in [6, 6.07) is 16.6. The smallest absolute Gasteiger partial charge is 0.153 e.